The summed E-state index contributed by atoms with van der Waals surface area (Å²) in [6, 6.07) is 0. The molecule has 0 bridgehead atoms. The van der Waals surface area contributed by atoms with Crippen molar-refractivity contribution in [3.8, 4) is 0 Å². The van der Waals surface area contributed by atoms with E-state index in [9.17, 15) is 0 Å². The molecule has 12 heavy (non-hydrogen) atoms. The van der Waals surface area contributed by atoms with Gasteiger partial charge in [0.05, 0.1) is 6.17 Å². The van der Waals surface area contributed by atoms with Crippen LogP contribution in [0.4, 0.5) is 0 Å². The topological polar surface area (TPSA) is 29.3 Å². The third-order valence-electron chi connectivity index (χ3n) is 2.71. The van der Waals surface area contributed by atoms with Gasteiger partial charge >= 0.3 is 0 Å². The monoisotopic (exact) mass is 170 g/mol. The van der Waals surface area contributed by atoms with Crippen molar-refractivity contribution in [2.24, 2.45) is 5.73 Å². The molecular weight excluding hydrogens is 148 g/mol. The SMILES string of the molecule is CCCCCN1CCCCC1N. The average Bonchev–Trinajstić information content (AvgIpc) is 2.09. The first-order chi connectivity index (χ1) is 5.84. The number of hydrogen-bond donors (Lipinski definition) is 1. The summed E-state index contributed by atoms with van der Waals surface area (Å²) >= 11 is 0. The molecule has 1 rings (SSSR count). The Hall–Kier alpha value is -0.0800. The van der Waals surface area contributed by atoms with Gasteiger partial charge in [0.25, 0.3) is 0 Å². The number of hydrogen-bond acceptors (Lipinski definition) is 2. The third kappa shape index (κ3) is 3.11. The molecule has 0 aromatic rings. The van der Waals surface area contributed by atoms with Gasteiger partial charge < -0.3 is 5.73 Å². The van der Waals surface area contributed by atoms with E-state index in [1.165, 1.54) is 51.6 Å². The molecule has 0 aromatic heterocycles. The van der Waals surface area contributed by atoms with Gasteiger partial charge in [0, 0.05) is 0 Å². The summed E-state index contributed by atoms with van der Waals surface area (Å²) < 4.78 is 0. The number of piperidine rings is 1. The predicted octanol–water partition coefficient (Wildman–Crippen LogP) is 1.95. The van der Waals surface area contributed by atoms with E-state index in [1.54, 1.807) is 0 Å². The van der Waals surface area contributed by atoms with Gasteiger partial charge in [-0.05, 0) is 38.8 Å². The lowest BCUT2D eigenvalue weighted by Crippen LogP contribution is -2.45. The van der Waals surface area contributed by atoms with Crippen LogP contribution in [-0.2, 0) is 0 Å². The van der Waals surface area contributed by atoms with Gasteiger partial charge in [-0.25, -0.2) is 0 Å². The molecule has 0 aromatic carbocycles. The fourth-order valence-electron chi connectivity index (χ4n) is 1.86. The predicted molar refractivity (Wildman–Crippen MR) is 52.9 cm³/mol. The lowest BCUT2D eigenvalue weighted by atomic mass is 10.1. The molecule has 1 unspecified atom stereocenters. The first-order valence-electron chi connectivity index (χ1n) is 5.34. The van der Waals surface area contributed by atoms with Gasteiger partial charge in [0.2, 0.25) is 0 Å². The summed E-state index contributed by atoms with van der Waals surface area (Å²) in [4.78, 5) is 2.44. The normalized spacial score (nSPS) is 26.0. The maximum Gasteiger partial charge on any atom is 0.0571 e. The van der Waals surface area contributed by atoms with E-state index < -0.39 is 0 Å². The van der Waals surface area contributed by atoms with E-state index in [4.69, 9.17) is 5.73 Å². The zero-order valence-electron chi connectivity index (χ0n) is 8.26. The molecule has 0 saturated carbocycles. The van der Waals surface area contributed by atoms with Crippen LogP contribution in [0.3, 0.4) is 0 Å². The Morgan fingerprint density at radius 1 is 1.33 bits per heavy atom. The van der Waals surface area contributed by atoms with Crippen molar-refractivity contribution in [3.05, 3.63) is 0 Å². The molecule has 72 valence electrons. The van der Waals surface area contributed by atoms with E-state index in [-0.39, 0.29) is 0 Å². The van der Waals surface area contributed by atoms with Gasteiger partial charge in [-0.3, -0.25) is 4.90 Å². The molecule has 2 heteroatoms. The van der Waals surface area contributed by atoms with Gasteiger partial charge in [0.15, 0.2) is 0 Å². The Bertz CT molecular complexity index is 114. The highest BCUT2D eigenvalue weighted by Crippen LogP contribution is 2.13. The quantitative estimate of drug-likeness (QED) is 0.653. The Morgan fingerprint density at radius 3 is 2.83 bits per heavy atom. The first-order valence-corrected chi connectivity index (χ1v) is 5.34. The minimum Gasteiger partial charge on any atom is -0.316 e. The fourth-order valence-corrected chi connectivity index (χ4v) is 1.86. The molecule has 0 radical (unpaired) electrons. The zero-order valence-corrected chi connectivity index (χ0v) is 8.26. The standard InChI is InChI=1S/C10H22N2/c1-2-3-5-8-12-9-6-4-7-10(12)11/h10H,2-9,11H2,1H3. The van der Waals surface area contributed by atoms with Gasteiger partial charge in [-0.2, -0.15) is 0 Å². The highest BCUT2D eigenvalue weighted by Gasteiger charge is 2.17. The van der Waals surface area contributed by atoms with E-state index in [0.717, 1.165) is 0 Å². The molecular formula is C10H22N2. The van der Waals surface area contributed by atoms with E-state index in [1.807, 2.05) is 0 Å². The molecule has 2 N–H and O–H groups in total. The molecule has 1 saturated heterocycles. The van der Waals surface area contributed by atoms with E-state index >= 15 is 0 Å². The Kier molecular flexibility index (Phi) is 4.62. The number of nitrogens with zero attached hydrogens (tertiary/aromatic N) is 1. The van der Waals surface area contributed by atoms with E-state index in [0.29, 0.717) is 6.17 Å². The second-order valence-electron chi connectivity index (χ2n) is 3.81. The van der Waals surface area contributed by atoms with Crippen molar-refractivity contribution in [1.82, 2.24) is 4.90 Å². The largest absolute Gasteiger partial charge is 0.316 e. The maximum absolute atomic E-state index is 5.99. The summed E-state index contributed by atoms with van der Waals surface area (Å²) in [7, 11) is 0. The van der Waals surface area contributed by atoms with Crippen molar-refractivity contribution in [3.63, 3.8) is 0 Å². The Balaban J connectivity index is 2.11. The van der Waals surface area contributed by atoms with Crippen LogP contribution >= 0.6 is 0 Å². The number of unbranched alkanes of at least 4 members (excludes halogenated alkanes) is 2. The molecule has 1 heterocycles. The van der Waals surface area contributed by atoms with Crippen molar-refractivity contribution in [1.29, 1.82) is 0 Å². The zero-order chi connectivity index (χ0) is 8.81. The summed E-state index contributed by atoms with van der Waals surface area (Å²) in [5.41, 5.74) is 5.99. The average molecular weight is 170 g/mol. The summed E-state index contributed by atoms with van der Waals surface area (Å²) in [6.07, 6.45) is 8.21. The second kappa shape index (κ2) is 5.55. The molecule has 0 amide bonds. The summed E-state index contributed by atoms with van der Waals surface area (Å²) in [5.74, 6) is 0. The van der Waals surface area contributed by atoms with Crippen LogP contribution in [0.2, 0.25) is 0 Å². The van der Waals surface area contributed by atoms with Crippen LogP contribution in [0.25, 0.3) is 0 Å². The summed E-state index contributed by atoms with van der Waals surface area (Å²) in [5, 5.41) is 0. The lowest BCUT2D eigenvalue weighted by molar-refractivity contribution is 0.149. The molecule has 0 spiro atoms. The highest BCUT2D eigenvalue weighted by molar-refractivity contribution is 4.71. The Labute approximate surface area is 76.1 Å². The first kappa shape index (κ1) is 10.0. The fraction of sp³-hybridized carbons (Fsp3) is 1.00. The smallest absolute Gasteiger partial charge is 0.0571 e. The van der Waals surface area contributed by atoms with Crippen molar-refractivity contribution in [2.75, 3.05) is 13.1 Å². The molecule has 1 aliphatic heterocycles. The molecule has 1 aliphatic rings. The number of likely N-dealkylation sites (tertiary alicyclic amines) is 1. The van der Waals surface area contributed by atoms with Gasteiger partial charge in [-0.15, -0.1) is 0 Å². The molecule has 1 atom stereocenters. The van der Waals surface area contributed by atoms with Gasteiger partial charge in [0.1, 0.15) is 0 Å². The molecule has 0 aliphatic carbocycles. The highest BCUT2D eigenvalue weighted by atomic mass is 15.2. The minimum atomic E-state index is 0.357. The van der Waals surface area contributed by atoms with Crippen molar-refractivity contribution >= 4 is 0 Å². The van der Waals surface area contributed by atoms with Crippen LogP contribution in [-0.4, -0.2) is 24.2 Å². The second-order valence-corrected chi connectivity index (χ2v) is 3.81. The molecule has 2 nitrogen and oxygen atoms in total. The maximum atomic E-state index is 5.99. The van der Waals surface area contributed by atoms with Crippen molar-refractivity contribution < 1.29 is 0 Å². The number of rotatable bonds is 4. The molecule has 1 fully saturated rings. The van der Waals surface area contributed by atoms with Crippen LogP contribution in [0.5, 0.6) is 0 Å². The van der Waals surface area contributed by atoms with Crippen molar-refractivity contribution in [2.45, 2.75) is 51.6 Å². The van der Waals surface area contributed by atoms with Crippen LogP contribution in [0.1, 0.15) is 45.4 Å². The van der Waals surface area contributed by atoms with Gasteiger partial charge in [-0.1, -0.05) is 19.8 Å². The Morgan fingerprint density at radius 2 is 2.17 bits per heavy atom. The number of nitrogens with two attached hydrogens (primary N) is 1. The van der Waals surface area contributed by atoms with Crippen LogP contribution in [0.15, 0.2) is 0 Å². The van der Waals surface area contributed by atoms with E-state index in [2.05, 4.69) is 11.8 Å². The summed E-state index contributed by atoms with van der Waals surface area (Å²) in [6.45, 7) is 4.69. The third-order valence-corrected chi connectivity index (χ3v) is 2.71. The minimum absolute atomic E-state index is 0.357. The van der Waals surface area contributed by atoms with Crippen LogP contribution in [0, 0.1) is 0 Å². The lowest BCUT2D eigenvalue weighted by Gasteiger charge is -2.32. The van der Waals surface area contributed by atoms with Crippen LogP contribution < -0.4 is 5.73 Å².